The lowest BCUT2D eigenvalue weighted by molar-refractivity contribution is 0.0847. The first-order chi connectivity index (χ1) is 10.1. The molecule has 2 rings (SSSR count). The second-order valence-corrected chi connectivity index (χ2v) is 6.71. The van der Waals surface area contributed by atoms with E-state index in [1.807, 2.05) is 0 Å². The molecule has 0 saturated carbocycles. The Morgan fingerprint density at radius 3 is 2.52 bits per heavy atom. The van der Waals surface area contributed by atoms with Gasteiger partial charge in [-0.1, -0.05) is 43.7 Å². The number of hydrogen-bond donors (Lipinski definition) is 1. The fourth-order valence-corrected chi connectivity index (χ4v) is 3.75. The molecule has 0 aromatic heterocycles. The van der Waals surface area contributed by atoms with Gasteiger partial charge in [-0.25, -0.2) is 0 Å². The summed E-state index contributed by atoms with van der Waals surface area (Å²) in [5, 5.41) is 3.78. The van der Waals surface area contributed by atoms with Crippen molar-refractivity contribution in [2.75, 3.05) is 19.6 Å². The maximum Gasteiger partial charge on any atom is 0.0334 e. The van der Waals surface area contributed by atoms with E-state index in [0.717, 1.165) is 13.0 Å². The van der Waals surface area contributed by atoms with Crippen molar-refractivity contribution in [3.05, 3.63) is 35.4 Å². The van der Waals surface area contributed by atoms with Crippen LogP contribution in [-0.4, -0.2) is 36.1 Å². The minimum Gasteiger partial charge on any atom is -0.312 e. The molecule has 1 aliphatic heterocycles. The normalized spacial score (nSPS) is 20.4. The molecule has 0 aliphatic carbocycles. The van der Waals surface area contributed by atoms with E-state index in [1.54, 1.807) is 0 Å². The Morgan fingerprint density at radius 1 is 1.24 bits per heavy atom. The number of likely N-dealkylation sites (tertiary alicyclic amines) is 1. The first kappa shape index (κ1) is 16.5. The van der Waals surface area contributed by atoms with Crippen molar-refractivity contribution in [3.8, 4) is 0 Å². The molecule has 2 heteroatoms. The Hall–Kier alpha value is -0.860. The third-order valence-electron chi connectivity index (χ3n) is 5.27. The van der Waals surface area contributed by atoms with Crippen LogP contribution >= 0.6 is 0 Å². The average molecular weight is 288 g/mol. The molecule has 1 aromatic rings. The van der Waals surface area contributed by atoms with Crippen molar-refractivity contribution in [1.82, 2.24) is 10.2 Å². The van der Waals surface area contributed by atoms with Crippen LogP contribution in [0.5, 0.6) is 0 Å². The van der Waals surface area contributed by atoms with E-state index in [4.69, 9.17) is 0 Å². The number of nitrogens with zero attached hydrogens (tertiary/aromatic N) is 1. The summed E-state index contributed by atoms with van der Waals surface area (Å²) < 4.78 is 0. The monoisotopic (exact) mass is 288 g/mol. The Balaban J connectivity index is 2.19. The highest BCUT2D eigenvalue weighted by Crippen LogP contribution is 2.29. The summed E-state index contributed by atoms with van der Waals surface area (Å²) in [4.78, 5) is 2.72. The zero-order chi connectivity index (χ0) is 15.3. The van der Waals surface area contributed by atoms with Crippen LogP contribution in [-0.2, 0) is 6.42 Å². The molecule has 118 valence electrons. The molecule has 0 radical (unpaired) electrons. The average Bonchev–Trinajstić information content (AvgIpc) is 3.01. The topological polar surface area (TPSA) is 15.3 Å². The molecular formula is C19H32N2. The van der Waals surface area contributed by atoms with Gasteiger partial charge in [-0.15, -0.1) is 0 Å². The van der Waals surface area contributed by atoms with E-state index in [1.165, 1.54) is 43.5 Å². The van der Waals surface area contributed by atoms with Gasteiger partial charge in [0.25, 0.3) is 0 Å². The maximum absolute atomic E-state index is 3.78. The minimum atomic E-state index is 0.260. The number of hydrogen-bond acceptors (Lipinski definition) is 2. The first-order valence-electron chi connectivity index (χ1n) is 8.64. The summed E-state index contributed by atoms with van der Waals surface area (Å²) >= 11 is 0. The molecular weight excluding hydrogens is 256 g/mol. The van der Waals surface area contributed by atoms with E-state index in [2.05, 4.69) is 62.2 Å². The van der Waals surface area contributed by atoms with Crippen molar-refractivity contribution < 1.29 is 0 Å². The molecule has 2 atom stereocenters. The first-order valence-corrected chi connectivity index (χ1v) is 8.64. The number of likely N-dealkylation sites (N-methyl/N-ethyl adjacent to an activating group) is 1. The smallest absolute Gasteiger partial charge is 0.0334 e. The predicted octanol–water partition coefficient (Wildman–Crippen LogP) is 3.78. The Kier molecular flexibility index (Phi) is 5.83. The van der Waals surface area contributed by atoms with Gasteiger partial charge in [-0.05, 0) is 64.7 Å². The van der Waals surface area contributed by atoms with Crippen molar-refractivity contribution in [3.63, 3.8) is 0 Å². The number of rotatable bonds is 7. The lowest BCUT2D eigenvalue weighted by Gasteiger charge is -2.45. The van der Waals surface area contributed by atoms with Crippen molar-refractivity contribution in [1.29, 1.82) is 0 Å². The summed E-state index contributed by atoms with van der Waals surface area (Å²) in [7, 11) is 0. The van der Waals surface area contributed by atoms with E-state index >= 15 is 0 Å². The summed E-state index contributed by atoms with van der Waals surface area (Å²) in [5.41, 5.74) is 3.08. The Bertz CT molecular complexity index is 437. The Labute approximate surface area is 130 Å². The standard InChI is InChI=1S/C19H32N2/c1-5-19(4,21-12-7-8-13-21)18(20-6-2)15-17-11-9-10-16(3)14-17/h9-11,14,18,20H,5-8,12-13,15H2,1-4H3. The van der Waals surface area contributed by atoms with Crippen molar-refractivity contribution in [2.45, 2.75) is 65.0 Å². The van der Waals surface area contributed by atoms with Gasteiger partial charge in [-0.2, -0.15) is 0 Å². The highest BCUT2D eigenvalue weighted by molar-refractivity contribution is 5.24. The molecule has 1 aromatic carbocycles. The molecule has 1 fully saturated rings. The molecule has 1 N–H and O–H groups in total. The maximum atomic E-state index is 3.78. The van der Waals surface area contributed by atoms with Crippen LogP contribution in [0, 0.1) is 6.92 Å². The molecule has 0 spiro atoms. The van der Waals surface area contributed by atoms with Gasteiger partial charge in [0.15, 0.2) is 0 Å². The number of nitrogens with one attached hydrogen (secondary N) is 1. The molecule has 2 unspecified atom stereocenters. The highest BCUT2D eigenvalue weighted by Gasteiger charge is 2.38. The quantitative estimate of drug-likeness (QED) is 0.821. The lowest BCUT2D eigenvalue weighted by Crippen LogP contribution is -2.59. The van der Waals surface area contributed by atoms with E-state index < -0.39 is 0 Å². The van der Waals surface area contributed by atoms with Crippen LogP contribution in [0.3, 0.4) is 0 Å². The van der Waals surface area contributed by atoms with E-state index in [9.17, 15) is 0 Å². The van der Waals surface area contributed by atoms with Gasteiger partial charge in [0.05, 0.1) is 0 Å². The second-order valence-electron chi connectivity index (χ2n) is 6.71. The predicted molar refractivity (Wildman–Crippen MR) is 91.9 cm³/mol. The van der Waals surface area contributed by atoms with Crippen molar-refractivity contribution >= 4 is 0 Å². The SMILES string of the molecule is CCNC(Cc1cccc(C)c1)C(C)(CC)N1CCCC1. The zero-order valence-electron chi connectivity index (χ0n) is 14.3. The summed E-state index contributed by atoms with van der Waals surface area (Å²) in [6.07, 6.45) is 5.05. The van der Waals surface area contributed by atoms with E-state index in [0.29, 0.717) is 6.04 Å². The van der Waals surface area contributed by atoms with Crippen molar-refractivity contribution in [2.24, 2.45) is 0 Å². The Morgan fingerprint density at radius 2 is 1.95 bits per heavy atom. The third kappa shape index (κ3) is 3.87. The summed E-state index contributed by atoms with van der Waals surface area (Å²) in [6.45, 7) is 12.8. The van der Waals surface area contributed by atoms with Gasteiger partial charge in [0.2, 0.25) is 0 Å². The second kappa shape index (κ2) is 7.42. The van der Waals surface area contributed by atoms with E-state index in [-0.39, 0.29) is 5.54 Å². The third-order valence-corrected chi connectivity index (χ3v) is 5.27. The number of benzene rings is 1. The molecule has 21 heavy (non-hydrogen) atoms. The largest absolute Gasteiger partial charge is 0.312 e. The van der Waals surface area contributed by atoms with Crippen LogP contribution < -0.4 is 5.32 Å². The van der Waals surface area contributed by atoms with Gasteiger partial charge in [-0.3, -0.25) is 4.90 Å². The van der Waals surface area contributed by atoms with Crippen LogP contribution in [0.1, 0.15) is 51.2 Å². The minimum absolute atomic E-state index is 0.260. The van der Waals surface area contributed by atoms with Crippen LogP contribution in [0.2, 0.25) is 0 Å². The van der Waals surface area contributed by atoms with Crippen LogP contribution in [0.25, 0.3) is 0 Å². The van der Waals surface area contributed by atoms with Gasteiger partial charge < -0.3 is 5.32 Å². The molecule has 0 amide bonds. The van der Waals surface area contributed by atoms with Crippen LogP contribution in [0.4, 0.5) is 0 Å². The summed E-state index contributed by atoms with van der Waals surface area (Å²) in [5.74, 6) is 0. The highest BCUT2D eigenvalue weighted by atomic mass is 15.2. The van der Waals surface area contributed by atoms with Gasteiger partial charge in [0.1, 0.15) is 0 Å². The fourth-order valence-electron chi connectivity index (χ4n) is 3.75. The van der Waals surface area contributed by atoms with Crippen LogP contribution in [0.15, 0.2) is 24.3 Å². The van der Waals surface area contributed by atoms with Gasteiger partial charge >= 0.3 is 0 Å². The number of aryl methyl sites for hydroxylation is 1. The molecule has 1 saturated heterocycles. The molecule has 2 nitrogen and oxygen atoms in total. The fraction of sp³-hybridized carbons (Fsp3) is 0.684. The molecule has 0 bridgehead atoms. The summed E-state index contributed by atoms with van der Waals surface area (Å²) in [6, 6.07) is 9.51. The zero-order valence-corrected chi connectivity index (χ0v) is 14.3. The molecule has 1 aliphatic rings. The molecule has 1 heterocycles. The lowest BCUT2D eigenvalue weighted by atomic mass is 9.83. The van der Waals surface area contributed by atoms with Gasteiger partial charge in [0, 0.05) is 11.6 Å².